The van der Waals surface area contributed by atoms with Crippen LogP contribution in [0.15, 0.2) is 54.6 Å². The Kier molecular flexibility index (Phi) is 4.27. The number of rotatable bonds is 3. The molecule has 1 atom stereocenters. The second-order valence-corrected chi connectivity index (χ2v) is 7.85. The first kappa shape index (κ1) is 16.2. The molecule has 0 spiro atoms. The Bertz CT molecular complexity index is 865. The predicted molar refractivity (Wildman–Crippen MR) is 90.1 cm³/mol. The number of halogens is 2. The summed E-state index contributed by atoms with van der Waals surface area (Å²) in [5, 5.41) is 0.413. The van der Waals surface area contributed by atoms with Crippen molar-refractivity contribution in [3.8, 4) is 0 Å². The summed E-state index contributed by atoms with van der Waals surface area (Å²) >= 11 is 5.95. The molecule has 0 bridgehead atoms. The molecule has 1 aliphatic rings. The van der Waals surface area contributed by atoms with Crippen LogP contribution in [0.2, 0.25) is 5.02 Å². The van der Waals surface area contributed by atoms with Crippen molar-refractivity contribution in [1.29, 1.82) is 0 Å². The minimum Gasteiger partial charge on any atom is -0.212 e. The van der Waals surface area contributed by atoms with E-state index in [0.717, 1.165) is 11.8 Å². The van der Waals surface area contributed by atoms with Crippen LogP contribution in [0.4, 0.5) is 4.39 Å². The van der Waals surface area contributed by atoms with Crippen LogP contribution in [-0.2, 0) is 10.0 Å². The zero-order chi connectivity index (χ0) is 16.6. The lowest BCUT2D eigenvalue weighted by Crippen LogP contribution is -2.30. The Morgan fingerprint density at radius 3 is 2.52 bits per heavy atom. The van der Waals surface area contributed by atoms with Gasteiger partial charge >= 0.3 is 0 Å². The molecule has 3 nitrogen and oxygen atoms in total. The maximum Gasteiger partial charge on any atom is 0.212 e. The molecule has 2 aromatic rings. The molecule has 0 aromatic heterocycles. The molecule has 2 aromatic carbocycles. The largest absolute Gasteiger partial charge is 0.212 e. The van der Waals surface area contributed by atoms with Gasteiger partial charge in [-0.1, -0.05) is 48.0 Å². The summed E-state index contributed by atoms with van der Waals surface area (Å²) in [6.45, 7) is 0.121. The van der Waals surface area contributed by atoms with Crippen LogP contribution in [0.25, 0.3) is 5.57 Å². The minimum absolute atomic E-state index is 0.121. The number of nitrogens with zero attached hydrogens (tertiary/aromatic N) is 1. The van der Waals surface area contributed by atoms with Gasteiger partial charge in [-0.15, -0.1) is 0 Å². The zero-order valence-electron chi connectivity index (χ0n) is 12.4. The number of sulfonamides is 1. The summed E-state index contributed by atoms with van der Waals surface area (Å²) in [7, 11) is -3.44. The summed E-state index contributed by atoms with van der Waals surface area (Å²) in [5.74, 6) is -0.414. The number of hydrogen-bond donors (Lipinski definition) is 0. The van der Waals surface area contributed by atoms with E-state index in [-0.39, 0.29) is 6.54 Å². The van der Waals surface area contributed by atoms with Crippen molar-refractivity contribution in [1.82, 2.24) is 4.31 Å². The first-order valence-corrected chi connectivity index (χ1v) is 9.27. The van der Waals surface area contributed by atoms with E-state index >= 15 is 0 Å². The van der Waals surface area contributed by atoms with Gasteiger partial charge in [-0.05, 0) is 29.3 Å². The van der Waals surface area contributed by atoms with Crippen molar-refractivity contribution in [2.45, 2.75) is 6.04 Å². The van der Waals surface area contributed by atoms with E-state index in [1.165, 1.54) is 22.5 Å². The monoisotopic (exact) mass is 351 g/mol. The van der Waals surface area contributed by atoms with Crippen molar-refractivity contribution in [2.75, 3.05) is 12.8 Å². The molecule has 23 heavy (non-hydrogen) atoms. The molecule has 0 saturated heterocycles. The zero-order valence-corrected chi connectivity index (χ0v) is 14.0. The van der Waals surface area contributed by atoms with Gasteiger partial charge in [0, 0.05) is 17.1 Å². The third kappa shape index (κ3) is 3.32. The van der Waals surface area contributed by atoms with Gasteiger partial charge in [0.05, 0.1) is 12.3 Å². The summed E-state index contributed by atoms with van der Waals surface area (Å²) < 4.78 is 39.7. The average molecular weight is 352 g/mol. The number of hydrogen-bond acceptors (Lipinski definition) is 2. The van der Waals surface area contributed by atoms with E-state index in [0.29, 0.717) is 16.2 Å². The lowest BCUT2D eigenvalue weighted by molar-refractivity contribution is 0.424. The molecule has 1 aliphatic heterocycles. The van der Waals surface area contributed by atoms with Gasteiger partial charge in [0.25, 0.3) is 0 Å². The molecular weight excluding hydrogens is 337 g/mol. The van der Waals surface area contributed by atoms with Gasteiger partial charge in [0.15, 0.2) is 0 Å². The number of benzene rings is 2. The fourth-order valence-electron chi connectivity index (χ4n) is 2.75. The SMILES string of the molecule is CS(=O)(=O)N1CC(c2cc(Cl)ccc2F)=CC1c1ccccc1. The third-order valence-electron chi connectivity index (χ3n) is 3.84. The molecule has 120 valence electrons. The van der Waals surface area contributed by atoms with Crippen LogP contribution in [0, 0.1) is 5.82 Å². The minimum atomic E-state index is -3.44. The smallest absolute Gasteiger partial charge is 0.212 e. The van der Waals surface area contributed by atoms with Crippen LogP contribution >= 0.6 is 11.6 Å². The lowest BCUT2D eigenvalue weighted by atomic mass is 10.0. The topological polar surface area (TPSA) is 37.4 Å². The van der Waals surface area contributed by atoms with Gasteiger partial charge in [-0.3, -0.25) is 0 Å². The highest BCUT2D eigenvalue weighted by Gasteiger charge is 2.33. The summed E-state index contributed by atoms with van der Waals surface area (Å²) in [6.07, 6.45) is 2.94. The first-order valence-electron chi connectivity index (χ1n) is 7.04. The van der Waals surface area contributed by atoms with Gasteiger partial charge in [-0.2, -0.15) is 4.31 Å². The molecule has 0 amide bonds. The van der Waals surface area contributed by atoms with Crippen molar-refractivity contribution >= 4 is 27.2 Å². The lowest BCUT2D eigenvalue weighted by Gasteiger charge is -2.22. The van der Waals surface area contributed by atoms with E-state index in [1.54, 1.807) is 6.08 Å². The van der Waals surface area contributed by atoms with Gasteiger partial charge in [-0.25, -0.2) is 12.8 Å². The van der Waals surface area contributed by atoms with Gasteiger partial charge in [0.2, 0.25) is 10.0 Å². The Balaban J connectivity index is 2.08. The molecule has 6 heteroatoms. The fraction of sp³-hybridized carbons (Fsp3) is 0.176. The standard InChI is InChI=1S/C17H15ClFNO2S/c1-23(21,22)20-11-13(15-10-14(18)7-8-16(15)19)9-17(20)12-5-3-2-4-6-12/h2-10,17H,11H2,1H3. The molecule has 0 saturated carbocycles. The van der Waals surface area contributed by atoms with Gasteiger partial charge in [0.1, 0.15) is 5.82 Å². The van der Waals surface area contributed by atoms with E-state index in [1.807, 2.05) is 30.3 Å². The first-order chi connectivity index (χ1) is 10.9. The maximum absolute atomic E-state index is 14.1. The highest BCUT2D eigenvalue weighted by Crippen LogP contribution is 2.37. The van der Waals surface area contributed by atoms with E-state index in [2.05, 4.69) is 0 Å². The highest BCUT2D eigenvalue weighted by molar-refractivity contribution is 7.88. The van der Waals surface area contributed by atoms with Crippen LogP contribution in [-0.4, -0.2) is 25.5 Å². The molecule has 0 aliphatic carbocycles. The summed E-state index contributed by atoms with van der Waals surface area (Å²) in [5.41, 5.74) is 1.80. The molecule has 0 fully saturated rings. The van der Waals surface area contributed by atoms with Crippen LogP contribution in [0.1, 0.15) is 17.2 Å². The Morgan fingerprint density at radius 1 is 1.17 bits per heavy atom. The molecule has 1 heterocycles. The molecular formula is C17H15ClFNO2S. The Labute approximate surface area is 140 Å². The van der Waals surface area contributed by atoms with E-state index in [4.69, 9.17) is 11.6 Å². The van der Waals surface area contributed by atoms with Crippen molar-refractivity contribution < 1.29 is 12.8 Å². The normalized spacial score (nSPS) is 18.9. The highest BCUT2D eigenvalue weighted by atomic mass is 35.5. The predicted octanol–water partition coefficient (Wildman–Crippen LogP) is 3.88. The van der Waals surface area contributed by atoms with Crippen molar-refractivity contribution in [2.24, 2.45) is 0 Å². The maximum atomic E-state index is 14.1. The van der Waals surface area contributed by atoms with E-state index < -0.39 is 21.9 Å². The molecule has 0 radical (unpaired) electrons. The summed E-state index contributed by atoms with van der Waals surface area (Å²) in [6, 6.07) is 13.1. The molecule has 3 rings (SSSR count). The third-order valence-corrected chi connectivity index (χ3v) is 5.28. The van der Waals surface area contributed by atoms with E-state index in [9.17, 15) is 12.8 Å². The molecule has 1 unspecified atom stereocenters. The van der Waals surface area contributed by atoms with Crippen molar-refractivity contribution in [3.63, 3.8) is 0 Å². The average Bonchev–Trinajstić information content (AvgIpc) is 2.96. The summed E-state index contributed by atoms with van der Waals surface area (Å²) in [4.78, 5) is 0. The van der Waals surface area contributed by atoms with Crippen molar-refractivity contribution in [3.05, 3.63) is 76.6 Å². The molecule has 0 N–H and O–H groups in total. The van der Waals surface area contributed by atoms with Gasteiger partial charge < -0.3 is 0 Å². The fourth-order valence-corrected chi connectivity index (χ4v) is 3.89. The van der Waals surface area contributed by atoms with Crippen LogP contribution < -0.4 is 0 Å². The van der Waals surface area contributed by atoms with Crippen LogP contribution in [0.5, 0.6) is 0 Å². The second kappa shape index (κ2) is 6.07. The second-order valence-electron chi connectivity index (χ2n) is 5.48. The Hall–Kier alpha value is -1.69. The Morgan fingerprint density at radius 2 is 1.87 bits per heavy atom. The quantitative estimate of drug-likeness (QED) is 0.841. The van der Waals surface area contributed by atoms with Crippen LogP contribution in [0.3, 0.4) is 0 Å².